The first-order valence-corrected chi connectivity index (χ1v) is 10.5. The van der Waals surface area contributed by atoms with E-state index in [4.69, 9.17) is 26.3 Å². The van der Waals surface area contributed by atoms with Gasteiger partial charge in [-0.1, -0.05) is 54.1 Å². The maximum atomic E-state index is 13.0. The van der Waals surface area contributed by atoms with E-state index in [1.54, 1.807) is 54.6 Å². The number of ether oxygens (including phenoxy) is 2. The summed E-state index contributed by atoms with van der Waals surface area (Å²) in [5.74, 6) is -0.946. The number of nitrogens with zero attached hydrogens (tertiary/aromatic N) is 2. The zero-order chi connectivity index (χ0) is 25.2. The van der Waals surface area contributed by atoms with E-state index in [9.17, 15) is 19.7 Å². The number of anilines is 1. The Morgan fingerprint density at radius 1 is 1.11 bits per heavy atom. The number of nitro benzene ring substituents is 1. The Labute approximate surface area is 205 Å². The molecule has 1 unspecified atom stereocenters. The first kappa shape index (κ1) is 25.0. The highest BCUT2D eigenvalue weighted by Crippen LogP contribution is 2.28. The van der Waals surface area contributed by atoms with Crippen molar-refractivity contribution < 1.29 is 24.0 Å². The summed E-state index contributed by atoms with van der Waals surface area (Å²) in [6, 6.07) is 20.5. The van der Waals surface area contributed by atoms with Crippen molar-refractivity contribution in [1.29, 1.82) is 5.26 Å². The molecule has 3 rings (SSSR count). The molecule has 0 saturated carbocycles. The van der Waals surface area contributed by atoms with Crippen LogP contribution in [-0.2, 0) is 14.3 Å². The van der Waals surface area contributed by atoms with Crippen LogP contribution in [0.25, 0.3) is 6.08 Å². The second-order valence-electron chi connectivity index (χ2n) is 6.99. The summed E-state index contributed by atoms with van der Waals surface area (Å²) in [6.45, 7) is -0.0739. The number of esters is 1. The molecule has 0 aliphatic heterocycles. The normalized spacial score (nSPS) is 11.3. The second-order valence-corrected chi connectivity index (χ2v) is 7.39. The van der Waals surface area contributed by atoms with Crippen LogP contribution in [0.1, 0.15) is 17.2 Å². The minimum atomic E-state index is -1.30. The molecule has 0 fully saturated rings. The van der Waals surface area contributed by atoms with Crippen LogP contribution < -0.4 is 10.1 Å². The fourth-order valence-electron chi connectivity index (χ4n) is 2.93. The maximum Gasteiger partial charge on any atom is 0.331 e. The van der Waals surface area contributed by atoms with Gasteiger partial charge >= 0.3 is 5.97 Å². The summed E-state index contributed by atoms with van der Waals surface area (Å²) in [5, 5.41) is 22.0. The first-order chi connectivity index (χ1) is 16.9. The smallest absolute Gasteiger partial charge is 0.331 e. The van der Waals surface area contributed by atoms with Crippen LogP contribution in [0.5, 0.6) is 5.75 Å². The molecule has 9 nitrogen and oxygen atoms in total. The predicted octanol–water partition coefficient (Wildman–Crippen LogP) is 5.09. The monoisotopic (exact) mass is 491 g/mol. The standard InChI is InChI=1S/C25H18ClN3O6/c26-21-16-19(29(32)33)9-12-22(21)28-25(31)24(18-4-2-1-3-5-18)35-23(30)13-8-17-6-10-20(11-7-17)34-15-14-27/h1-13,16,24H,15H2,(H,28,31)/b13-8+. The summed E-state index contributed by atoms with van der Waals surface area (Å²) in [4.78, 5) is 35.8. The molecule has 3 aromatic rings. The van der Waals surface area contributed by atoms with Crippen molar-refractivity contribution in [2.24, 2.45) is 0 Å². The Kier molecular flexibility index (Phi) is 8.53. The molecule has 1 amide bonds. The number of halogens is 1. The van der Waals surface area contributed by atoms with Gasteiger partial charge in [-0.3, -0.25) is 14.9 Å². The van der Waals surface area contributed by atoms with Gasteiger partial charge in [-0.25, -0.2) is 4.79 Å². The van der Waals surface area contributed by atoms with Gasteiger partial charge in [-0.15, -0.1) is 0 Å². The zero-order valence-corrected chi connectivity index (χ0v) is 18.8. The number of carbonyl (C=O) groups excluding carboxylic acids is 2. The molecule has 3 aromatic carbocycles. The molecule has 176 valence electrons. The summed E-state index contributed by atoms with van der Waals surface area (Å²) >= 11 is 6.07. The van der Waals surface area contributed by atoms with Crippen LogP contribution in [0.2, 0.25) is 5.02 Å². The van der Waals surface area contributed by atoms with E-state index in [2.05, 4.69) is 5.32 Å². The van der Waals surface area contributed by atoms with Gasteiger partial charge in [0.15, 0.2) is 6.61 Å². The van der Waals surface area contributed by atoms with Crippen molar-refractivity contribution in [3.8, 4) is 11.8 Å². The van der Waals surface area contributed by atoms with Crippen LogP contribution in [0.4, 0.5) is 11.4 Å². The number of nitrogens with one attached hydrogen (secondary N) is 1. The average molecular weight is 492 g/mol. The molecule has 1 atom stereocenters. The molecule has 0 heterocycles. The Bertz CT molecular complexity index is 1290. The van der Waals surface area contributed by atoms with E-state index in [0.717, 1.165) is 6.07 Å². The molecule has 0 aliphatic carbocycles. The number of benzene rings is 3. The number of non-ortho nitro benzene ring substituents is 1. The summed E-state index contributed by atoms with van der Waals surface area (Å²) in [5.41, 5.74) is 0.996. The topological polar surface area (TPSA) is 132 Å². The molecule has 0 aliphatic rings. The molecule has 0 spiro atoms. The van der Waals surface area contributed by atoms with Crippen molar-refractivity contribution in [2.45, 2.75) is 6.10 Å². The van der Waals surface area contributed by atoms with Crippen molar-refractivity contribution in [2.75, 3.05) is 11.9 Å². The third-order valence-electron chi connectivity index (χ3n) is 4.59. The molecule has 0 radical (unpaired) electrons. The lowest BCUT2D eigenvalue weighted by Gasteiger charge is -2.17. The maximum absolute atomic E-state index is 13.0. The van der Waals surface area contributed by atoms with Gasteiger partial charge in [0, 0.05) is 23.8 Å². The predicted molar refractivity (Wildman–Crippen MR) is 129 cm³/mol. The fraction of sp³-hybridized carbons (Fsp3) is 0.0800. The summed E-state index contributed by atoms with van der Waals surface area (Å²) in [7, 11) is 0. The van der Waals surface area contributed by atoms with E-state index in [1.807, 2.05) is 6.07 Å². The van der Waals surface area contributed by atoms with Crippen molar-refractivity contribution in [3.63, 3.8) is 0 Å². The van der Waals surface area contributed by atoms with Crippen molar-refractivity contribution >= 4 is 40.9 Å². The van der Waals surface area contributed by atoms with Gasteiger partial charge in [0.05, 0.1) is 15.6 Å². The number of rotatable bonds is 9. The molecular weight excluding hydrogens is 474 g/mol. The Hall–Kier alpha value is -4.68. The number of amides is 1. The van der Waals surface area contributed by atoms with Gasteiger partial charge in [-0.2, -0.15) is 5.26 Å². The van der Waals surface area contributed by atoms with Crippen LogP contribution in [-0.4, -0.2) is 23.4 Å². The zero-order valence-electron chi connectivity index (χ0n) is 18.1. The molecule has 0 aromatic heterocycles. The first-order valence-electron chi connectivity index (χ1n) is 10.2. The highest BCUT2D eigenvalue weighted by Gasteiger charge is 2.25. The van der Waals surface area contributed by atoms with Crippen LogP contribution in [0, 0.1) is 21.4 Å². The molecule has 1 N–H and O–H groups in total. The quantitative estimate of drug-likeness (QED) is 0.191. The number of carbonyl (C=O) groups is 2. The minimum Gasteiger partial charge on any atom is -0.479 e. The van der Waals surface area contributed by atoms with Gasteiger partial charge < -0.3 is 14.8 Å². The number of nitriles is 1. The third kappa shape index (κ3) is 7.15. The van der Waals surface area contributed by atoms with E-state index in [-0.39, 0.29) is 23.0 Å². The fourth-order valence-corrected chi connectivity index (χ4v) is 3.15. The molecular formula is C25H18ClN3O6. The lowest BCUT2D eigenvalue weighted by molar-refractivity contribution is -0.384. The highest BCUT2D eigenvalue weighted by atomic mass is 35.5. The van der Waals surface area contributed by atoms with E-state index in [0.29, 0.717) is 16.9 Å². The van der Waals surface area contributed by atoms with Crippen LogP contribution >= 0.6 is 11.6 Å². The number of nitro groups is 1. The Morgan fingerprint density at radius 2 is 1.83 bits per heavy atom. The van der Waals surface area contributed by atoms with Crippen LogP contribution in [0.15, 0.2) is 78.9 Å². The lowest BCUT2D eigenvalue weighted by atomic mass is 10.1. The van der Waals surface area contributed by atoms with E-state index in [1.165, 1.54) is 24.3 Å². The average Bonchev–Trinajstić information content (AvgIpc) is 2.87. The van der Waals surface area contributed by atoms with E-state index < -0.39 is 22.9 Å². The number of hydrogen-bond donors (Lipinski definition) is 1. The Balaban J connectivity index is 1.73. The highest BCUT2D eigenvalue weighted by molar-refractivity contribution is 6.34. The molecule has 0 bridgehead atoms. The van der Waals surface area contributed by atoms with Crippen molar-refractivity contribution in [3.05, 3.63) is 105 Å². The molecule has 10 heteroatoms. The molecule has 0 saturated heterocycles. The Morgan fingerprint density at radius 3 is 2.46 bits per heavy atom. The van der Waals surface area contributed by atoms with Gasteiger partial charge in [-0.05, 0) is 29.8 Å². The van der Waals surface area contributed by atoms with Gasteiger partial charge in [0.1, 0.15) is 11.8 Å². The lowest BCUT2D eigenvalue weighted by Crippen LogP contribution is -2.25. The molecule has 35 heavy (non-hydrogen) atoms. The minimum absolute atomic E-state index is 0.0345. The summed E-state index contributed by atoms with van der Waals surface area (Å²) in [6.07, 6.45) is 1.37. The summed E-state index contributed by atoms with van der Waals surface area (Å²) < 4.78 is 10.6. The van der Waals surface area contributed by atoms with Crippen molar-refractivity contribution in [1.82, 2.24) is 0 Å². The third-order valence-corrected chi connectivity index (χ3v) is 4.90. The SMILES string of the molecule is N#CCOc1ccc(/C=C/C(=O)OC(C(=O)Nc2ccc([N+](=O)[O-])cc2Cl)c2ccccc2)cc1. The largest absolute Gasteiger partial charge is 0.479 e. The van der Waals surface area contributed by atoms with Gasteiger partial charge in [0.25, 0.3) is 11.6 Å². The van der Waals surface area contributed by atoms with Crippen LogP contribution in [0.3, 0.4) is 0 Å². The second kappa shape index (κ2) is 12.0. The number of hydrogen-bond acceptors (Lipinski definition) is 7. The van der Waals surface area contributed by atoms with E-state index >= 15 is 0 Å². The van der Waals surface area contributed by atoms with Gasteiger partial charge in [0.2, 0.25) is 6.10 Å².